The van der Waals surface area contributed by atoms with E-state index >= 15 is 0 Å². The van der Waals surface area contributed by atoms with Crippen LogP contribution in [0.5, 0.6) is 0 Å². The molecule has 1 aromatic carbocycles. The summed E-state index contributed by atoms with van der Waals surface area (Å²) in [5, 5.41) is 0.458. The van der Waals surface area contributed by atoms with Crippen LogP contribution in [0.4, 0.5) is 5.69 Å². The Morgan fingerprint density at radius 3 is 2.60 bits per heavy atom. The number of pyridine rings is 1. The van der Waals surface area contributed by atoms with Gasteiger partial charge in [-0.25, -0.2) is 0 Å². The molecule has 1 aromatic heterocycles. The van der Waals surface area contributed by atoms with Crippen molar-refractivity contribution in [3.05, 3.63) is 51.8 Å². The lowest BCUT2D eigenvalue weighted by Crippen LogP contribution is -2.03. The van der Waals surface area contributed by atoms with Crippen molar-refractivity contribution in [2.45, 2.75) is 0 Å². The molecule has 0 unspecified atom stereocenters. The number of rotatable bonds is 1. The fraction of sp³-hybridized carbons (Fsp3) is 0. The van der Waals surface area contributed by atoms with E-state index in [1.54, 1.807) is 24.3 Å². The summed E-state index contributed by atoms with van der Waals surface area (Å²) in [5.74, 6) is 0. The first-order chi connectivity index (χ1) is 7.18. The van der Waals surface area contributed by atoms with Gasteiger partial charge in [-0.3, -0.25) is 4.79 Å². The molecule has 0 amide bonds. The minimum Gasteiger partial charge on any atom is -0.398 e. The number of hydrogen-bond acceptors (Lipinski definition) is 2. The van der Waals surface area contributed by atoms with E-state index in [-0.39, 0.29) is 5.56 Å². The van der Waals surface area contributed by atoms with Crippen LogP contribution in [0, 0.1) is 0 Å². The predicted octanol–water partition coefficient (Wildman–Crippen LogP) is 2.28. The van der Waals surface area contributed by atoms with Gasteiger partial charge in [-0.1, -0.05) is 29.8 Å². The number of aromatic nitrogens is 1. The lowest BCUT2D eigenvalue weighted by atomic mass is 10.1. The lowest BCUT2D eigenvalue weighted by molar-refractivity contribution is 1.24. The average molecular weight is 221 g/mol. The van der Waals surface area contributed by atoms with Gasteiger partial charge in [-0.05, 0) is 12.1 Å². The maximum Gasteiger partial charge on any atom is 0.248 e. The third-order valence-electron chi connectivity index (χ3n) is 2.09. The molecular weight excluding hydrogens is 212 g/mol. The van der Waals surface area contributed by atoms with Crippen molar-refractivity contribution >= 4 is 17.3 Å². The van der Waals surface area contributed by atoms with Gasteiger partial charge in [0.15, 0.2) is 0 Å². The second-order valence-corrected chi connectivity index (χ2v) is 3.52. The summed E-state index contributed by atoms with van der Waals surface area (Å²) in [6.07, 6.45) is 0. The van der Waals surface area contributed by atoms with Gasteiger partial charge in [-0.2, -0.15) is 0 Å². The molecule has 3 N–H and O–H groups in total. The highest BCUT2D eigenvalue weighted by molar-refractivity contribution is 6.35. The molecule has 0 saturated heterocycles. The maximum absolute atomic E-state index is 11.1. The van der Waals surface area contributed by atoms with Crippen molar-refractivity contribution in [3.8, 4) is 11.3 Å². The molecule has 2 aromatic rings. The van der Waals surface area contributed by atoms with Crippen molar-refractivity contribution < 1.29 is 0 Å². The van der Waals surface area contributed by atoms with Gasteiger partial charge in [0.25, 0.3) is 0 Å². The van der Waals surface area contributed by atoms with E-state index in [9.17, 15) is 4.79 Å². The van der Waals surface area contributed by atoms with Crippen LogP contribution in [0.3, 0.4) is 0 Å². The Balaban J connectivity index is 2.64. The van der Waals surface area contributed by atoms with E-state index in [0.717, 1.165) is 5.56 Å². The summed E-state index contributed by atoms with van der Waals surface area (Å²) >= 11 is 6.03. The van der Waals surface area contributed by atoms with E-state index in [1.165, 1.54) is 6.07 Å². The van der Waals surface area contributed by atoms with Crippen molar-refractivity contribution in [2.75, 3.05) is 5.73 Å². The van der Waals surface area contributed by atoms with Gasteiger partial charge in [0.05, 0.1) is 10.7 Å². The first kappa shape index (κ1) is 9.80. The van der Waals surface area contributed by atoms with Crippen LogP contribution in [0.2, 0.25) is 5.02 Å². The molecule has 4 heteroatoms. The third-order valence-corrected chi connectivity index (χ3v) is 2.51. The van der Waals surface area contributed by atoms with Gasteiger partial charge in [0.2, 0.25) is 5.56 Å². The molecule has 0 aliphatic rings. The summed E-state index contributed by atoms with van der Waals surface area (Å²) in [6.45, 7) is 0. The molecule has 0 fully saturated rings. The Labute approximate surface area is 91.5 Å². The van der Waals surface area contributed by atoms with Crippen LogP contribution in [0.25, 0.3) is 11.3 Å². The van der Waals surface area contributed by atoms with Crippen LogP contribution in [-0.2, 0) is 0 Å². The van der Waals surface area contributed by atoms with Crippen LogP contribution in [0.15, 0.2) is 41.2 Å². The standard InChI is InChI=1S/C11H9ClN2O/c12-11-7(3-1-4-8(11)13)9-5-2-6-10(15)14-9/h1-6H,13H2,(H,14,15). The number of anilines is 1. The first-order valence-electron chi connectivity index (χ1n) is 4.42. The van der Waals surface area contributed by atoms with Gasteiger partial charge in [-0.15, -0.1) is 0 Å². The molecule has 0 spiro atoms. The van der Waals surface area contributed by atoms with Gasteiger partial charge in [0.1, 0.15) is 0 Å². The van der Waals surface area contributed by atoms with Crippen molar-refractivity contribution in [1.82, 2.24) is 4.98 Å². The molecule has 3 nitrogen and oxygen atoms in total. The van der Waals surface area contributed by atoms with Crippen LogP contribution in [0.1, 0.15) is 0 Å². The molecule has 1 heterocycles. The molecule has 0 atom stereocenters. The van der Waals surface area contributed by atoms with Crippen LogP contribution < -0.4 is 11.3 Å². The Kier molecular flexibility index (Phi) is 2.47. The quantitative estimate of drug-likeness (QED) is 0.725. The zero-order chi connectivity index (χ0) is 10.8. The molecule has 0 bridgehead atoms. The number of nitrogen functional groups attached to an aromatic ring is 1. The predicted molar refractivity (Wildman–Crippen MR) is 61.9 cm³/mol. The second-order valence-electron chi connectivity index (χ2n) is 3.14. The number of benzene rings is 1. The van der Waals surface area contributed by atoms with Crippen LogP contribution >= 0.6 is 11.6 Å². The van der Waals surface area contributed by atoms with Crippen molar-refractivity contribution in [2.24, 2.45) is 0 Å². The number of nitrogens with two attached hydrogens (primary N) is 1. The minimum absolute atomic E-state index is 0.161. The largest absolute Gasteiger partial charge is 0.398 e. The second kappa shape index (κ2) is 3.79. The number of nitrogens with one attached hydrogen (secondary N) is 1. The SMILES string of the molecule is Nc1cccc(-c2cccc(=O)[nH]2)c1Cl. The Morgan fingerprint density at radius 1 is 1.13 bits per heavy atom. The molecule has 15 heavy (non-hydrogen) atoms. The highest BCUT2D eigenvalue weighted by atomic mass is 35.5. The smallest absolute Gasteiger partial charge is 0.248 e. The zero-order valence-electron chi connectivity index (χ0n) is 7.83. The molecular formula is C11H9ClN2O. The topological polar surface area (TPSA) is 58.9 Å². The monoisotopic (exact) mass is 220 g/mol. The van der Waals surface area contributed by atoms with E-state index < -0.39 is 0 Å². The summed E-state index contributed by atoms with van der Waals surface area (Å²) in [7, 11) is 0. The summed E-state index contributed by atoms with van der Waals surface area (Å²) in [6, 6.07) is 10.2. The van der Waals surface area contributed by atoms with Gasteiger partial charge >= 0.3 is 0 Å². The average Bonchev–Trinajstić information content (AvgIpc) is 2.22. The Hall–Kier alpha value is -1.74. The minimum atomic E-state index is -0.161. The fourth-order valence-corrected chi connectivity index (χ4v) is 1.59. The lowest BCUT2D eigenvalue weighted by Gasteiger charge is -2.05. The third kappa shape index (κ3) is 1.87. The number of hydrogen-bond donors (Lipinski definition) is 2. The number of halogens is 1. The summed E-state index contributed by atoms with van der Waals surface area (Å²) < 4.78 is 0. The van der Waals surface area contributed by atoms with Crippen molar-refractivity contribution in [1.29, 1.82) is 0 Å². The van der Waals surface area contributed by atoms with E-state index in [0.29, 0.717) is 16.4 Å². The zero-order valence-corrected chi connectivity index (χ0v) is 8.58. The number of aromatic amines is 1. The summed E-state index contributed by atoms with van der Waals surface area (Å²) in [4.78, 5) is 13.8. The molecule has 0 aliphatic heterocycles. The molecule has 2 rings (SSSR count). The highest BCUT2D eigenvalue weighted by Crippen LogP contribution is 2.30. The van der Waals surface area contributed by atoms with E-state index in [1.807, 2.05) is 6.07 Å². The molecule has 0 aliphatic carbocycles. The number of H-pyrrole nitrogens is 1. The van der Waals surface area contributed by atoms with Crippen molar-refractivity contribution in [3.63, 3.8) is 0 Å². The van der Waals surface area contributed by atoms with E-state index in [2.05, 4.69) is 4.98 Å². The maximum atomic E-state index is 11.1. The first-order valence-corrected chi connectivity index (χ1v) is 4.80. The summed E-state index contributed by atoms with van der Waals surface area (Å²) in [5.41, 5.74) is 7.41. The fourth-order valence-electron chi connectivity index (χ4n) is 1.36. The normalized spacial score (nSPS) is 10.2. The van der Waals surface area contributed by atoms with E-state index in [4.69, 9.17) is 17.3 Å². The molecule has 0 saturated carbocycles. The molecule has 0 radical (unpaired) electrons. The van der Waals surface area contributed by atoms with Crippen LogP contribution in [-0.4, -0.2) is 4.98 Å². The van der Waals surface area contributed by atoms with Gasteiger partial charge < -0.3 is 10.7 Å². The molecule has 76 valence electrons. The van der Waals surface area contributed by atoms with Gasteiger partial charge in [0, 0.05) is 17.3 Å². The Morgan fingerprint density at radius 2 is 1.87 bits per heavy atom. The highest BCUT2D eigenvalue weighted by Gasteiger charge is 2.05. The Bertz CT molecular complexity index is 548.